The molecule has 154 valence electrons. The quantitative estimate of drug-likeness (QED) is 0.565. The second kappa shape index (κ2) is 7.90. The lowest BCUT2D eigenvalue weighted by atomic mass is 10.1. The van der Waals surface area contributed by atoms with Crippen LogP contribution in [0.2, 0.25) is 0 Å². The van der Waals surface area contributed by atoms with Crippen LogP contribution in [0.25, 0.3) is 0 Å². The van der Waals surface area contributed by atoms with E-state index in [1.807, 2.05) is 26.8 Å². The molecule has 1 aliphatic rings. The van der Waals surface area contributed by atoms with Crippen molar-refractivity contribution >= 4 is 29.0 Å². The van der Waals surface area contributed by atoms with Crippen molar-refractivity contribution in [3.05, 3.63) is 45.6 Å². The molecule has 0 bridgehead atoms. The first-order valence-electron chi connectivity index (χ1n) is 9.35. The summed E-state index contributed by atoms with van der Waals surface area (Å²) in [7, 11) is 1.77. The fourth-order valence-electron chi connectivity index (χ4n) is 3.37. The molecule has 2 aromatic rings. The number of nitrogens with one attached hydrogen (secondary N) is 2. The molecule has 1 aromatic heterocycles. The van der Waals surface area contributed by atoms with Gasteiger partial charge in [0.25, 0.3) is 17.5 Å². The molecule has 1 aromatic carbocycles. The number of hydrogen-bond acceptors (Lipinski definition) is 6. The second-order valence-corrected chi connectivity index (χ2v) is 7.36. The molecule has 29 heavy (non-hydrogen) atoms. The Labute approximate surface area is 168 Å². The Morgan fingerprint density at radius 2 is 2.07 bits per heavy atom. The van der Waals surface area contributed by atoms with Gasteiger partial charge in [-0.2, -0.15) is 5.10 Å². The molecule has 1 unspecified atom stereocenters. The first-order chi connectivity index (χ1) is 13.7. The zero-order valence-electron chi connectivity index (χ0n) is 16.8. The standard InChI is InChI=1S/C19H24N6O4/c1-11(2)20-18(26)13-5-6-14(16(10-13)25(28)29)21-15-7-8-24(19(15)27)17-9-12(3)22-23(17)4/h5-6,9-11,15,21H,7-8H2,1-4H3,(H,20,26). The van der Waals surface area contributed by atoms with Crippen molar-refractivity contribution in [3.63, 3.8) is 0 Å². The van der Waals surface area contributed by atoms with Gasteiger partial charge in [-0.1, -0.05) is 0 Å². The van der Waals surface area contributed by atoms with E-state index in [0.717, 1.165) is 5.69 Å². The number of anilines is 2. The number of nitrogens with zero attached hydrogens (tertiary/aromatic N) is 4. The molecule has 2 heterocycles. The van der Waals surface area contributed by atoms with Crippen molar-refractivity contribution in [3.8, 4) is 0 Å². The SMILES string of the molecule is Cc1cc(N2CCC(Nc3ccc(C(=O)NC(C)C)cc3[N+](=O)[O-])C2=O)n(C)n1. The van der Waals surface area contributed by atoms with Gasteiger partial charge in [0.2, 0.25) is 0 Å². The highest BCUT2D eigenvalue weighted by atomic mass is 16.6. The number of carbonyl (C=O) groups excluding carboxylic acids is 2. The third-order valence-corrected chi connectivity index (χ3v) is 4.67. The molecular formula is C19H24N6O4. The number of nitro groups is 1. The molecule has 0 radical (unpaired) electrons. The van der Waals surface area contributed by atoms with Gasteiger partial charge in [0.15, 0.2) is 0 Å². The maximum Gasteiger partial charge on any atom is 0.293 e. The molecule has 0 aliphatic carbocycles. The van der Waals surface area contributed by atoms with Gasteiger partial charge in [0.1, 0.15) is 17.5 Å². The number of rotatable bonds is 6. The molecular weight excluding hydrogens is 376 g/mol. The first kappa shape index (κ1) is 20.3. The number of carbonyl (C=O) groups is 2. The number of amides is 2. The van der Waals surface area contributed by atoms with E-state index in [2.05, 4.69) is 15.7 Å². The largest absolute Gasteiger partial charge is 0.368 e. The zero-order valence-corrected chi connectivity index (χ0v) is 16.8. The Bertz CT molecular complexity index is 968. The van der Waals surface area contributed by atoms with Crippen LogP contribution in [0.1, 0.15) is 36.3 Å². The van der Waals surface area contributed by atoms with Gasteiger partial charge in [-0.15, -0.1) is 0 Å². The number of hydrogen-bond donors (Lipinski definition) is 2. The van der Waals surface area contributed by atoms with E-state index in [9.17, 15) is 19.7 Å². The second-order valence-electron chi connectivity index (χ2n) is 7.36. The Morgan fingerprint density at radius 1 is 1.34 bits per heavy atom. The minimum absolute atomic E-state index is 0.0860. The van der Waals surface area contributed by atoms with E-state index >= 15 is 0 Å². The molecule has 10 nitrogen and oxygen atoms in total. The molecule has 2 amide bonds. The number of aromatic nitrogens is 2. The predicted octanol–water partition coefficient (Wildman–Crippen LogP) is 1.99. The smallest absolute Gasteiger partial charge is 0.293 e. The van der Waals surface area contributed by atoms with E-state index in [4.69, 9.17) is 0 Å². The summed E-state index contributed by atoms with van der Waals surface area (Å²) in [4.78, 5) is 37.6. The highest BCUT2D eigenvalue weighted by Gasteiger charge is 2.35. The van der Waals surface area contributed by atoms with E-state index in [-0.39, 0.29) is 34.8 Å². The topological polar surface area (TPSA) is 122 Å². The lowest BCUT2D eigenvalue weighted by Crippen LogP contribution is -2.34. The van der Waals surface area contributed by atoms with Crippen molar-refractivity contribution in [2.24, 2.45) is 7.05 Å². The Morgan fingerprint density at radius 3 is 2.66 bits per heavy atom. The van der Waals surface area contributed by atoms with Gasteiger partial charge in [0.05, 0.1) is 10.6 Å². The summed E-state index contributed by atoms with van der Waals surface area (Å²) in [5, 5.41) is 21.5. The predicted molar refractivity (Wildman–Crippen MR) is 108 cm³/mol. The van der Waals surface area contributed by atoms with Crippen LogP contribution >= 0.6 is 0 Å². The molecule has 10 heteroatoms. The maximum atomic E-state index is 12.8. The highest BCUT2D eigenvalue weighted by Crippen LogP contribution is 2.29. The molecule has 1 fully saturated rings. The molecule has 1 saturated heterocycles. The minimum atomic E-state index is -0.598. The summed E-state index contributed by atoms with van der Waals surface area (Å²) in [5.41, 5.74) is 0.958. The van der Waals surface area contributed by atoms with Gasteiger partial charge >= 0.3 is 0 Å². The fraction of sp³-hybridized carbons (Fsp3) is 0.421. The molecule has 0 saturated carbocycles. The number of nitro benzene ring substituents is 1. The van der Waals surface area contributed by atoms with Crippen LogP contribution in [0.5, 0.6) is 0 Å². The molecule has 3 rings (SSSR count). The minimum Gasteiger partial charge on any atom is -0.368 e. The fourth-order valence-corrected chi connectivity index (χ4v) is 3.37. The summed E-state index contributed by atoms with van der Waals surface area (Å²) in [6.07, 6.45) is 0.496. The van der Waals surface area contributed by atoms with Crippen LogP contribution in [0.4, 0.5) is 17.2 Å². The molecule has 1 aliphatic heterocycles. The summed E-state index contributed by atoms with van der Waals surface area (Å²) in [6.45, 7) is 5.95. The van der Waals surface area contributed by atoms with Crippen LogP contribution in [-0.4, -0.2) is 45.1 Å². The number of benzene rings is 1. The van der Waals surface area contributed by atoms with Crippen molar-refractivity contribution in [2.45, 2.75) is 39.3 Å². The van der Waals surface area contributed by atoms with Crippen molar-refractivity contribution in [2.75, 3.05) is 16.8 Å². The van der Waals surface area contributed by atoms with Gasteiger partial charge in [-0.25, -0.2) is 0 Å². The van der Waals surface area contributed by atoms with Crippen molar-refractivity contribution < 1.29 is 14.5 Å². The van der Waals surface area contributed by atoms with Crippen molar-refractivity contribution in [1.82, 2.24) is 15.1 Å². The van der Waals surface area contributed by atoms with Crippen LogP contribution in [0.15, 0.2) is 24.3 Å². The highest BCUT2D eigenvalue weighted by molar-refractivity contribution is 6.01. The Hall–Kier alpha value is -3.43. The summed E-state index contributed by atoms with van der Waals surface area (Å²) in [6, 6.07) is 5.34. The van der Waals surface area contributed by atoms with Gasteiger partial charge in [-0.3, -0.25) is 29.3 Å². The Balaban J connectivity index is 1.81. The van der Waals surface area contributed by atoms with Gasteiger partial charge in [-0.05, 0) is 39.3 Å². The summed E-state index contributed by atoms with van der Waals surface area (Å²) < 4.78 is 1.64. The third kappa shape index (κ3) is 4.20. The molecule has 0 spiro atoms. The average Bonchev–Trinajstić information content (AvgIpc) is 3.16. The van der Waals surface area contributed by atoms with Crippen molar-refractivity contribution in [1.29, 1.82) is 0 Å². The molecule has 1 atom stereocenters. The normalized spacial score (nSPS) is 16.4. The summed E-state index contributed by atoms with van der Waals surface area (Å²) in [5.74, 6) is 0.125. The maximum absolute atomic E-state index is 12.8. The van der Waals surface area contributed by atoms with Crippen LogP contribution in [-0.2, 0) is 11.8 Å². The van der Waals surface area contributed by atoms with Crippen LogP contribution < -0.4 is 15.5 Å². The average molecular weight is 400 g/mol. The van der Waals surface area contributed by atoms with E-state index in [1.165, 1.54) is 18.2 Å². The monoisotopic (exact) mass is 400 g/mol. The number of aryl methyl sites for hydroxylation is 2. The van der Waals surface area contributed by atoms with Gasteiger partial charge < -0.3 is 10.6 Å². The van der Waals surface area contributed by atoms with Crippen LogP contribution in [0, 0.1) is 17.0 Å². The van der Waals surface area contributed by atoms with E-state index in [0.29, 0.717) is 18.8 Å². The van der Waals surface area contributed by atoms with Crippen LogP contribution in [0.3, 0.4) is 0 Å². The van der Waals surface area contributed by atoms with E-state index < -0.39 is 11.0 Å². The first-order valence-corrected chi connectivity index (χ1v) is 9.35. The lowest BCUT2D eigenvalue weighted by Gasteiger charge is -2.17. The zero-order chi connectivity index (χ0) is 21.3. The lowest BCUT2D eigenvalue weighted by molar-refractivity contribution is -0.384. The molecule has 2 N–H and O–H groups in total. The summed E-state index contributed by atoms with van der Waals surface area (Å²) >= 11 is 0. The Kier molecular flexibility index (Phi) is 5.53. The van der Waals surface area contributed by atoms with E-state index in [1.54, 1.807) is 16.6 Å². The third-order valence-electron chi connectivity index (χ3n) is 4.67. The van der Waals surface area contributed by atoms with Gasteiger partial charge in [0, 0.05) is 37.3 Å².